The van der Waals surface area contributed by atoms with Crippen molar-refractivity contribution in [3.63, 3.8) is 0 Å². The number of hydrogen-bond acceptors (Lipinski definition) is 3. The average Bonchev–Trinajstić information content (AvgIpc) is 2.49. The Morgan fingerprint density at radius 3 is 2.36 bits per heavy atom. The summed E-state index contributed by atoms with van der Waals surface area (Å²) in [5.74, 6) is -0.647. The maximum absolute atomic E-state index is 12.0. The van der Waals surface area contributed by atoms with E-state index in [0.29, 0.717) is 32.0 Å². The van der Waals surface area contributed by atoms with Crippen LogP contribution in [-0.2, 0) is 16.0 Å². The second-order valence-corrected chi connectivity index (χ2v) is 5.58. The minimum atomic E-state index is -0.944. The molecule has 5 heteroatoms. The van der Waals surface area contributed by atoms with Crippen molar-refractivity contribution < 1.29 is 19.4 Å². The number of benzene rings is 1. The number of aryl methyl sites for hydroxylation is 1. The molecule has 0 bridgehead atoms. The Morgan fingerprint density at radius 2 is 1.86 bits per heavy atom. The predicted octanol–water partition coefficient (Wildman–Crippen LogP) is 2.49. The van der Waals surface area contributed by atoms with Crippen LogP contribution in [0.3, 0.4) is 0 Å². The van der Waals surface area contributed by atoms with Gasteiger partial charge >= 0.3 is 5.97 Å². The number of nitrogens with one attached hydrogen (secondary N) is 1. The van der Waals surface area contributed by atoms with Crippen LogP contribution < -0.4 is 5.32 Å². The first-order valence-corrected chi connectivity index (χ1v) is 7.63. The molecule has 0 saturated heterocycles. The normalized spacial score (nSPS) is 12.2. The van der Waals surface area contributed by atoms with Crippen molar-refractivity contribution in [3.8, 4) is 0 Å². The molecule has 0 aromatic heterocycles. The first kappa shape index (κ1) is 18.2. The van der Waals surface area contributed by atoms with Crippen LogP contribution in [0.1, 0.15) is 43.1 Å². The maximum Gasteiger partial charge on any atom is 0.335 e. The molecule has 1 rings (SSSR count). The second-order valence-electron chi connectivity index (χ2n) is 5.58. The monoisotopic (exact) mass is 307 g/mol. The van der Waals surface area contributed by atoms with Gasteiger partial charge in [0.2, 0.25) is 5.91 Å². The molecule has 0 radical (unpaired) electrons. The fraction of sp³-hybridized carbons (Fsp3) is 0.529. The molecule has 2 N–H and O–H groups in total. The van der Waals surface area contributed by atoms with E-state index in [1.54, 1.807) is 24.3 Å². The molecule has 1 aromatic carbocycles. The van der Waals surface area contributed by atoms with Gasteiger partial charge in [-0.05, 0) is 37.0 Å². The van der Waals surface area contributed by atoms with Gasteiger partial charge in [0, 0.05) is 13.0 Å². The van der Waals surface area contributed by atoms with Crippen LogP contribution >= 0.6 is 0 Å². The summed E-state index contributed by atoms with van der Waals surface area (Å²) < 4.78 is 5.39. The van der Waals surface area contributed by atoms with Crippen molar-refractivity contribution in [3.05, 3.63) is 35.4 Å². The lowest BCUT2D eigenvalue weighted by atomic mass is 10.0. The van der Waals surface area contributed by atoms with Crippen molar-refractivity contribution in [2.75, 3.05) is 13.2 Å². The summed E-state index contributed by atoms with van der Waals surface area (Å²) in [6.45, 7) is 7.19. The van der Waals surface area contributed by atoms with E-state index < -0.39 is 5.97 Å². The van der Waals surface area contributed by atoms with Crippen LogP contribution in [0.2, 0.25) is 0 Å². The Kier molecular flexibility index (Phi) is 7.60. The van der Waals surface area contributed by atoms with Crippen molar-refractivity contribution in [2.24, 2.45) is 5.92 Å². The standard InChI is InChI=1S/C17H25NO4/c1-4-22-11-15(12(2)3)18-16(19)10-7-13-5-8-14(9-6-13)17(20)21/h5-6,8-9,12,15H,4,7,10-11H2,1-3H3,(H,18,19)(H,20,21). The van der Waals surface area contributed by atoms with Crippen LogP contribution in [0.5, 0.6) is 0 Å². The molecule has 0 aliphatic rings. The lowest BCUT2D eigenvalue weighted by Crippen LogP contribution is -2.42. The molecule has 1 amide bonds. The third-order valence-electron chi connectivity index (χ3n) is 3.49. The molecule has 122 valence electrons. The van der Waals surface area contributed by atoms with E-state index in [-0.39, 0.29) is 17.5 Å². The van der Waals surface area contributed by atoms with E-state index in [1.807, 2.05) is 6.92 Å². The SMILES string of the molecule is CCOCC(NC(=O)CCc1ccc(C(=O)O)cc1)C(C)C. The van der Waals surface area contributed by atoms with E-state index in [4.69, 9.17) is 9.84 Å². The second kappa shape index (κ2) is 9.20. The number of amides is 1. The zero-order valence-corrected chi connectivity index (χ0v) is 13.5. The number of carboxylic acids is 1. The number of carbonyl (C=O) groups excluding carboxylic acids is 1. The summed E-state index contributed by atoms with van der Waals surface area (Å²) >= 11 is 0. The van der Waals surface area contributed by atoms with Gasteiger partial charge in [-0.1, -0.05) is 26.0 Å². The third kappa shape index (κ3) is 6.26. The summed E-state index contributed by atoms with van der Waals surface area (Å²) in [6, 6.07) is 6.62. The smallest absolute Gasteiger partial charge is 0.335 e. The number of ether oxygens (including phenoxy) is 1. The Morgan fingerprint density at radius 1 is 1.23 bits per heavy atom. The zero-order valence-electron chi connectivity index (χ0n) is 13.5. The van der Waals surface area contributed by atoms with E-state index in [0.717, 1.165) is 5.56 Å². The first-order chi connectivity index (χ1) is 10.4. The molecule has 0 spiro atoms. The van der Waals surface area contributed by atoms with Gasteiger partial charge in [0.1, 0.15) is 0 Å². The van der Waals surface area contributed by atoms with Gasteiger partial charge in [-0.15, -0.1) is 0 Å². The summed E-state index contributed by atoms with van der Waals surface area (Å²) in [4.78, 5) is 22.8. The van der Waals surface area contributed by atoms with Crippen molar-refractivity contribution >= 4 is 11.9 Å². The summed E-state index contributed by atoms with van der Waals surface area (Å²) in [5.41, 5.74) is 1.20. The van der Waals surface area contributed by atoms with Crippen molar-refractivity contribution in [1.29, 1.82) is 0 Å². The highest BCUT2D eigenvalue weighted by atomic mass is 16.5. The van der Waals surface area contributed by atoms with Gasteiger partial charge in [0.15, 0.2) is 0 Å². The largest absolute Gasteiger partial charge is 0.478 e. The van der Waals surface area contributed by atoms with Crippen LogP contribution in [0.25, 0.3) is 0 Å². The van der Waals surface area contributed by atoms with Gasteiger partial charge in [-0.2, -0.15) is 0 Å². The van der Waals surface area contributed by atoms with Crippen LogP contribution in [0, 0.1) is 5.92 Å². The minimum Gasteiger partial charge on any atom is -0.478 e. The molecule has 0 heterocycles. The molecule has 0 fully saturated rings. The summed E-state index contributed by atoms with van der Waals surface area (Å²) in [7, 11) is 0. The highest BCUT2D eigenvalue weighted by Crippen LogP contribution is 2.08. The first-order valence-electron chi connectivity index (χ1n) is 7.63. The van der Waals surface area contributed by atoms with Crippen LogP contribution in [-0.4, -0.2) is 36.2 Å². The molecule has 0 aliphatic heterocycles. The molecular weight excluding hydrogens is 282 g/mol. The highest BCUT2D eigenvalue weighted by molar-refractivity contribution is 5.87. The predicted molar refractivity (Wildman–Crippen MR) is 85.0 cm³/mol. The van der Waals surface area contributed by atoms with Gasteiger partial charge in [0.25, 0.3) is 0 Å². The Balaban J connectivity index is 2.45. The molecule has 1 atom stereocenters. The fourth-order valence-corrected chi connectivity index (χ4v) is 2.00. The highest BCUT2D eigenvalue weighted by Gasteiger charge is 2.16. The molecule has 5 nitrogen and oxygen atoms in total. The lowest BCUT2D eigenvalue weighted by molar-refractivity contribution is -0.122. The van der Waals surface area contributed by atoms with Gasteiger partial charge in [0.05, 0.1) is 18.2 Å². The Bertz CT molecular complexity index is 482. The van der Waals surface area contributed by atoms with Crippen molar-refractivity contribution in [2.45, 2.75) is 39.7 Å². The van der Waals surface area contributed by atoms with Crippen LogP contribution in [0.4, 0.5) is 0 Å². The fourth-order valence-electron chi connectivity index (χ4n) is 2.00. The quantitative estimate of drug-likeness (QED) is 0.735. The van der Waals surface area contributed by atoms with Gasteiger partial charge < -0.3 is 15.2 Å². The van der Waals surface area contributed by atoms with E-state index in [1.165, 1.54) is 0 Å². The molecule has 1 aromatic rings. The third-order valence-corrected chi connectivity index (χ3v) is 3.49. The Labute approximate surface area is 131 Å². The van der Waals surface area contributed by atoms with Gasteiger partial charge in [-0.3, -0.25) is 4.79 Å². The molecule has 0 saturated carbocycles. The summed E-state index contributed by atoms with van der Waals surface area (Å²) in [5, 5.41) is 11.8. The van der Waals surface area contributed by atoms with Crippen LogP contribution in [0.15, 0.2) is 24.3 Å². The average molecular weight is 307 g/mol. The van der Waals surface area contributed by atoms with Crippen molar-refractivity contribution in [1.82, 2.24) is 5.32 Å². The zero-order chi connectivity index (χ0) is 16.5. The number of carbonyl (C=O) groups is 2. The number of carboxylic acid groups (broad SMARTS) is 1. The minimum absolute atomic E-state index is 0.0132. The number of aromatic carboxylic acids is 1. The van der Waals surface area contributed by atoms with Gasteiger partial charge in [-0.25, -0.2) is 4.79 Å². The van der Waals surface area contributed by atoms with E-state index in [9.17, 15) is 9.59 Å². The lowest BCUT2D eigenvalue weighted by Gasteiger charge is -2.22. The molecule has 0 aliphatic carbocycles. The number of rotatable bonds is 9. The Hall–Kier alpha value is -1.88. The van der Waals surface area contributed by atoms with E-state index >= 15 is 0 Å². The molecular formula is C17H25NO4. The molecule has 1 unspecified atom stereocenters. The number of hydrogen-bond donors (Lipinski definition) is 2. The van der Waals surface area contributed by atoms with E-state index in [2.05, 4.69) is 19.2 Å². The maximum atomic E-state index is 12.0. The topological polar surface area (TPSA) is 75.6 Å². The summed E-state index contributed by atoms with van der Waals surface area (Å²) in [6.07, 6.45) is 0.965. The molecule has 22 heavy (non-hydrogen) atoms.